The molecule has 8 heteroatoms. The zero-order valence-corrected chi connectivity index (χ0v) is 18.2. The molecule has 0 aliphatic carbocycles. The lowest BCUT2D eigenvalue weighted by Crippen LogP contribution is -2.54. The minimum atomic E-state index is -1.13. The number of benzene rings is 1. The van der Waals surface area contributed by atoms with Gasteiger partial charge in [-0.3, -0.25) is 14.9 Å². The molecular formula is C23H27N5O3. The van der Waals surface area contributed by atoms with E-state index in [4.69, 9.17) is 0 Å². The second kappa shape index (κ2) is 7.68. The van der Waals surface area contributed by atoms with E-state index < -0.39 is 17.5 Å². The first-order valence-electron chi connectivity index (χ1n) is 10.4. The van der Waals surface area contributed by atoms with E-state index in [1.165, 1.54) is 0 Å². The molecule has 2 aromatic rings. The number of nitrogens with zero attached hydrogens (tertiary/aromatic N) is 3. The second-order valence-electron chi connectivity index (χ2n) is 8.56. The molecule has 2 aliphatic rings. The van der Waals surface area contributed by atoms with Crippen LogP contribution < -0.4 is 15.5 Å². The Hall–Kier alpha value is -3.42. The largest absolute Gasteiger partial charge is 0.353 e. The number of nitrogens with one attached hydrogen (secondary N) is 2. The highest BCUT2D eigenvalue weighted by Crippen LogP contribution is 2.26. The third-order valence-corrected chi connectivity index (χ3v) is 6.13. The molecule has 0 spiro atoms. The maximum absolute atomic E-state index is 13.1. The maximum Gasteiger partial charge on any atom is 0.322 e. The Kier molecular flexibility index (Phi) is 5.16. The summed E-state index contributed by atoms with van der Waals surface area (Å²) in [5.41, 5.74) is 2.33. The summed E-state index contributed by atoms with van der Waals surface area (Å²) in [7, 11) is 0. The van der Waals surface area contributed by atoms with Crippen molar-refractivity contribution in [1.82, 2.24) is 20.5 Å². The number of carbonyl (C=O) groups is 3. The van der Waals surface area contributed by atoms with Gasteiger partial charge in [-0.15, -0.1) is 0 Å². The lowest BCUT2D eigenvalue weighted by atomic mass is 9.91. The monoisotopic (exact) mass is 421 g/mol. The summed E-state index contributed by atoms with van der Waals surface area (Å²) in [6.45, 7) is 9.81. The molecule has 2 unspecified atom stereocenters. The number of piperazine rings is 1. The van der Waals surface area contributed by atoms with Gasteiger partial charge in [0, 0.05) is 37.4 Å². The molecular weight excluding hydrogens is 394 g/mol. The molecule has 31 heavy (non-hydrogen) atoms. The standard InChI is InChI=1S/C23H27N5O3/c1-14-11-15(2)19(24-12-14)27-9-10-28(16(3)13-27)20(29)17-5-7-18(8-6-17)23(4)21(30)25-22(31)26-23/h5-8,11-12,16H,9-10,13H2,1-4H3,(H2,25,26,30,31). The van der Waals surface area contributed by atoms with E-state index in [1.54, 1.807) is 31.2 Å². The molecule has 8 nitrogen and oxygen atoms in total. The quantitative estimate of drug-likeness (QED) is 0.741. The van der Waals surface area contributed by atoms with Crippen LogP contribution in [0.25, 0.3) is 0 Å². The molecule has 2 N–H and O–H groups in total. The van der Waals surface area contributed by atoms with E-state index in [2.05, 4.69) is 33.5 Å². The highest BCUT2D eigenvalue weighted by atomic mass is 16.2. The Labute approximate surface area is 181 Å². The zero-order valence-electron chi connectivity index (χ0n) is 18.2. The smallest absolute Gasteiger partial charge is 0.322 e. The minimum absolute atomic E-state index is 0.0286. The number of rotatable bonds is 3. The number of aromatic nitrogens is 1. The summed E-state index contributed by atoms with van der Waals surface area (Å²) in [6, 6.07) is 8.51. The Morgan fingerprint density at radius 1 is 1.16 bits per heavy atom. The van der Waals surface area contributed by atoms with Crippen molar-refractivity contribution in [3.8, 4) is 0 Å². The number of pyridine rings is 1. The van der Waals surface area contributed by atoms with Crippen LogP contribution in [0.5, 0.6) is 0 Å². The van der Waals surface area contributed by atoms with E-state index in [1.807, 2.05) is 24.9 Å². The van der Waals surface area contributed by atoms with Crippen LogP contribution >= 0.6 is 0 Å². The van der Waals surface area contributed by atoms with Crippen LogP contribution in [0, 0.1) is 13.8 Å². The normalized spacial score (nSPS) is 23.5. The molecule has 1 aromatic carbocycles. The molecule has 2 saturated heterocycles. The molecule has 1 aromatic heterocycles. The Morgan fingerprint density at radius 2 is 1.87 bits per heavy atom. The van der Waals surface area contributed by atoms with E-state index in [-0.39, 0.29) is 11.9 Å². The summed E-state index contributed by atoms with van der Waals surface area (Å²) in [5.74, 6) is 0.526. The third-order valence-electron chi connectivity index (χ3n) is 6.13. The lowest BCUT2D eigenvalue weighted by Gasteiger charge is -2.41. The Bertz CT molecular complexity index is 1050. The number of amides is 4. The average Bonchev–Trinajstić information content (AvgIpc) is 3.00. The predicted octanol–water partition coefficient (Wildman–Crippen LogP) is 2.10. The van der Waals surface area contributed by atoms with Crippen molar-refractivity contribution in [3.63, 3.8) is 0 Å². The van der Waals surface area contributed by atoms with Gasteiger partial charge in [0.15, 0.2) is 0 Å². The number of carbonyl (C=O) groups excluding carboxylic acids is 3. The van der Waals surface area contributed by atoms with Gasteiger partial charge in [0.05, 0.1) is 0 Å². The lowest BCUT2D eigenvalue weighted by molar-refractivity contribution is -0.123. The van der Waals surface area contributed by atoms with Crippen LogP contribution in [0.3, 0.4) is 0 Å². The maximum atomic E-state index is 13.1. The summed E-state index contributed by atoms with van der Waals surface area (Å²) in [4.78, 5) is 45.5. The van der Waals surface area contributed by atoms with Gasteiger partial charge in [-0.2, -0.15) is 0 Å². The average molecular weight is 422 g/mol. The first-order chi connectivity index (χ1) is 14.7. The van der Waals surface area contributed by atoms with Gasteiger partial charge in [0.25, 0.3) is 11.8 Å². The number of anilines is 1. The first-order valence-corrected chi connectivity index (χ1v) is 10.4. The van der Waals surface area contributed by atoms with Crippen LogP contribution in [0.1, 0.15) is 40.9 Å². The van der Waals surface area contributed by atoms with Crippen LogP contribution in [0.4, 0.5) is 10.6 Å². The molecule has 0 radical (unpaired) electrons. The van der Waals surface area contributed by atoms with Crippen LogP contribution in [-0.4, -0.2) is 53.4 Å². The summed E-state index contributed by atoms with van der Waals surface area (Å²) in [6.07, 6.45) is 1.87. The van der Waals surface area contributed by atoms with Gasteiger partial charge < -0.3 is 15.1 Å². The zero-order chi connectivity index (χ0) is 22.3. The minimum Gasteiger partial charge on any atom is -0.353 e. The molecule has 2 atom stereocenters. The topological polar surface area (TPSA) is 94.6 Å². The van der Waals surface area contributed by atoms with E-state index in [0.717, 1.165) is 23.5 Å². The summed E-state index contributed by atoms with van der Waals surface area (Å²) < 4.78 is 0. The molecule has 0 bridgehead atoms. The highest BCUT2D eigenvalue weighted by Gasteiger charge is 2.43. The SMILES string of the molecule is Cc1cnc(N2CCN(C(=O)c3ccc(C4(C)NC(=O)NC4=O)cc3)C(C)C2)c(C)c1. The molecule has 162 valence electrons. The number of hydrogen-bond donors (Lipinski definition) is 2. The van der Waals surface area contributed by atoms with Crippen LogP contribution in [0.2, 0.25) is 0 Å². The number of aryl methyl sites for hydroxylation is 2. The number of imide groups is 1. The van der Waals surface area contributed by atoms with Crippen molar-refractivity contribution in [1.29, 1.82) is 0 Å². The fraction of sp³-hybridized carbons (Fsp3) is 0.391. The molecule has 0 saturated carbocycles. The van der Waals surface area contributed by atoms with Crippen molar-refractivity contribution in [3.05, 3.63) is 58.8 Å². The predicted molar refractivity (Wildman–Crippen MR) is 117 cm³/mol. The fourth-order valence-corrected chi connectivity index (χ4v) is 4.35. The number of urea groups is 1. The van der Waals surface area contributed by atoms with Gasteiger partial charge in [0.1, 0.15) is 11.4 Å². The second-order valence-corrected chi connectivity index (χ2v) is 8.56. The highest BCUT2D eigenvalue weighted by molar-refractivity contribution is 6.07. The summed E-state index contributed by atoms with van der Waals surface area (Å²) in [5, 5.41) is 4.89. The van der Waals surface area contributed by atoms with Crippen molar-refractivity contribution < 1.29 is 14.4 Å². The van der Waals surface area contributed by atoms with Gasteiger partial charge in [-0.25, -0.2) is 9.78 Å². The molecule has 4 rings (SSSR count). The van der Waals surface area contributed by atoms with Crippen molar-refractivity contribution in [2.45, 2.75) is 39.3 Å². The summed E-state index contributed by atoms with van der Waals surface area (Å²) >= 11 is 0. The Morgan fingerprint density at radius 3 is 2.45 bits per heavy atom. The molecule has 2 aliphatic heterocycles. The van der Waals surface area contributed by atoms with E-state index in [0.29, 0.717) is 24.2 Å². The first kappa shape index (κ1) is 20.8. The van der Waals surface area contributed by atoms with E-state index in [9.17, 15) is 14.4 Å². The van der Waals surface area contributed by atoms with Crippen molar-refractivity contribution in [2.75, 3.05) is 24.5 Å². The van der Waals surface area contributed by atoms with Crippen molar-refractivity contribution >= 4 is 23.7 Å². The van der Waals surface area contributed by atoms with Crippen LogP contribution in [-0.2, 0) is 10.3 Å². The van der Waals surface area contributed by atoms with Gasteiger partial charge >= 0.3 is 6.03 Å². The third kappa shape index (κ3) is 3.73. The molecule has 4 amide bonds. The van der Waals surface area contributed by atoms with Gasteiger partial charge in [-0.05, 0) is 56.5 Å². The van der Waals surface area contributed by atoms with Crippen LogP contribution in [0.15, 0.2) is 36.5 Å². The molecule has 2 fully saturated rings. The Balaban J connectivity index is 1.46. The molecule has 3 heterocycles. The number of hydrogen-bond acceptors (Lipinski definition) is 5. The van der Waals surface area contributed by atoms with Gasteiger partial charge in [0.2, 0.25) is 0 Å². The van der Waals surface area contributed by atoms with Crippen molar-refractivity contribution in [2.24, 2.45) is 0 Å². The van der Waals surface area contributed by atoms with E-state index >= 15 is 0 Å². The van der Waals surface area contributed by atoms with Gasteiger partial charge in [-0.1, -0.05) is 18.2 Å². The fourth-order valence-electron chi connectivity index (χ4n) is 4.35.